The van der Waals surface area contributed by atoms with Crippen molar-refractivity contribution in [1.29, 1.82) is 0 Å². The van der Waals surface area contributed by atoms with E-state index in [1.807, 2.05) is 32.0 Å². The van der Waals surface area contributed by atoms with Gasteiger partial charge in [-0.25, -0.2) is 9.36 Å². The molecule has 27 heavy (non-hydrogen) atoms. The molecule has 0 unspecified atom stereocenters. The summed E-state index contributed by atoms with van der Waals surface area (Å²) in [5.74, 6) is 0.438. The topological polar surface area (TPSA) is 81.8 Å². The summed E-state index contributed by atoms with van der Waals surface area (Å²) in [4.78, 5) is 24.1. The van der Waals surface area contributed by atoms with E-state index in [0.717, 1.165) is 17.0 Å². The number of halogens is 1. The summed E-state index contributed by atoms with van der Waals surface area (Å²) >= 11 is 5.84. The molecule has 0 saturated heterocycles. The van der Waals surface area contributed by atoms with Crippen molar-refractivity contribution in [2.24, 2.45) is 0 Å². The number of carbonyl (C=O) groups excluding carboxylic acids is 1. The maximum Gasteiger partial charge on any atom is 0.266 e. The molecule has 8 heteroatoms. The average Bonchev–Trinajstić information content (AvgIpc) is 2.97. The van der Waals surface area contributed by atoms with Crippen LogP contribution in [0.5, 0.6) is 0 Å². The third-order valence-corrected chi connectivity index (χ3v) is 4.25. The molecular formula is C19H20ClN5O2. The first-order chi connectivity index (χ1) is 12.9. The van der Waals surface area contributed by atoms with Crippen LogP contribution in [0.15, 0.2) is 47.3 Å². The number of nitrogens with one attached hydrogen (secondary N) is 1. The molecule has 1 amide bonds. The molecule has 0 atom stereocenters. The van der Waals surface area contributed by atoms with Crippen LogP contribution in [0.2, 0.25) is 5.02 Å². The predicted octanol–water partition coefficient (Wildman–Crippen LogP) is 2.06. The monoisotopic (exact) mass is 385 g/mol. The zero-order valence-electron chi connectivity index (χ0n) is 15.1. The van der Waals surface area contributed by atoms with Crippen molar-refractivity contribution >= 4 is 17.5 Å². The molecule has 2 aromatic heterocycles. The Morgan fingerprint density at radius 3 is 2.52 bits per heavy atom. The highest BCUT2D eigenvalue weighted by molar-refractivity contribution is 6.30. The minimum absolute atomic E-state index is 0.125. The minimum atomic E-state index is -0.229. The van der Waals surface area contributed by atoms with Crippen molar-refractivity contribution in [2.75, 3.05) is 6.54 Å². The smallest absolute Gasteiger partial charge is 0.266 e. The zero-order chi connectivity index (χ0) is 19.4. The Kier molecular flexibility index (Phi) is 5.71. The fraction of sp³-hybridized carbons (Fsp3) is 0.263. The second-order valence-corrected chi connectivity index (χ2v) is 6.68. The quantitative estimate of drug-likeness (QED) is 0.704. The Balaban J connectivity index is 1.61. The molecule has 3 rings (SSSR count). The van der Waals surface area contributed by atoms with Crippen molar-refractivity contribution in [3.63, 3.8) is 0 Å². The van der Waals surface area contributed by atoms with Crippen molar-refractivity contribution in [2.45, 2.75) is 26.8 Å². The second-order valence-electron chi connectivity index (χ2n) is 6.25. The lowest BCUT2D eigenvalue weighted by Crippen LogP contribution is -2.33. The van der Waals surface area contributed by atoms with E-state index >= 15 is 0 Å². The van der Waals surface area contributed by atoms with E-state index in [1.165, 1.54) is 10.7 Å². The van der Waals surface area contributed by atoms with Gasteiger partial charge in [0.1, 0.15) is 0 Å². The van der Waals surface area contributed by atoms with E-state index in [1.54, 1.807) is 22.9 Å². The van der Waals surface area contributed by atoms with Gasteiger partial charge in [-0.2, -0.15) is 5.10 Å². The molecule has 0 radical (unpaired) electrons. The van der Waals surface area contributed by atoms with Crippen LogP contribution in [0.1, 0.15) is 17.0 Å². The molecule has 0 aliphatic carbocycles. The molecular weight excluding hydrogens is 366 g/mol. The largest absolute Gasteiger partial charge is 0.354 e. The van der Waals surface area contributed by atoms with Gasteiger partial charge in [0.15, 0.2) is 5.82 Å². The van der Waals surface area contributed by atoms with Gasteiger partial charge in [0.05, 0.1) is 18.7 Å². The summed E-state index contributed by atoms with van der Waals surface area (Å²) in [5.41, 5.74) is 2.45. The Labute approximate surface area is 161 Å². The van der Waals surface area contributed by atoms with Gasteiger partial charge >= 0.3 is 0 Å². The molecule has 0 fully saturated rings. The summed E-state index contributed by atoms with van der Waals surface area (Å²) in [6.07, 6.45) is 0.255. The van der Waals surface area contributed by atoms with Gasteiger partial charge in [0.2, 0.25) is 5.91 Å². The van der Waals surface area contributed by atoms with Crippen LogP contribution in [0.4, 0.5) is 0 Å². The third kappa shape index (κ3) is 4.83. The van der Waals surface area contributed by atoms with Crippen molar-refractivity contribution in [1.82, 2.24) is 24.9 Å². The van der Waals surface area contributed by atoms with Gasteiger partial charge in [0, 0.05) is 23.3 Å². The number of hydrogen-bond acceptors (Lipinski definition) is 4. The lowest BCUT2D eigenvalue weighted by molar-refractivity contribution is -0.120. The molecule has 1 aromatic carbocycles. The van der Waals surface area contributed by atoms with E-state index in [9.17, 15) is 9.59 Å². The number of aromatic nitrogens is 4. The normalized spacial score (nSPS) is 10.8. The van der Waals surface area contributed by atoms with Crippen molar-refractivity contribution in [3.8, 4) is 5.82 Å². The van der Waals surface area contributed by atoms with E-state index in [4.69, 9.17) is 11.6 Å². The van der Waals surface area contributed by atoms with Crippen LogP contribution < -0.4 is 10.9 Å². The van der Waals surface area contributed by atoms with Crippen molar-refractivity contribution in [3.05, 3.63) is 74.8 Å². The number of carbonyl (C=O) groups is 1. The van der Waals surface area contributed by atoms with Crippen LogP contribution in [-0.2, 0) is 17.8 Å². The molecule has 2 heterocycles. The van der Waals surface area contributed by atoms with Gasteiger partial charge < -0.3 is 5.32 Å². The molecule has 1 N–H and O–H groups in total. The molecule has 0 bridgehead atoms. The highest BCUT2D eigenvalue weighted by atomic mass is 35.5. The van der Waals surface area contributed by atoms with Crippen LogP contribution in [0.25, 0.3) is 5.82 Å². The Morgan fingerprint density at radius 1 is 1.11 bits per heavy atom. The standard InChI is InChI=1S/C19H20ClN5O2/c1-13-11-14(2)25(22-13)17-7-8-19(27)24(23-17)10-9-21-18(26)12-15-3-5-16(20)6-4-15/h3-8,11H,9-10,12H2,1-2H3,(H,21,26). The Hall–Kier alpha value is -2.93. The SMILES string of the molecule is Cc1cc(C)n(-c2ccc(=O)n(CCNC(=O)Cc3ccc(Cl)cc3)n2)n1. The lowest BCUT2D eigenvalue weighted by Gasteiger charge is -2.09. The first-order valence-corrected chi connectivity index (χ1v) is 8.93. The summed E-state index contributed by atoms with van der Waals surface area (Å²) in [6, 6.07) is 12.1. The summed E-state index contributed by atoms with van der Waals surface area (Å²) in [5, 5.41) is 12.2. The number of aryl methyl sites for hydroxylation is 2. The molecule has 7 nitrogen and oxygen atoms in total. The van der Waals surface area contributed by atoms with Gasteiger partial charge in [-0.15, -0.1) is 5.10 Å². The number of rotatable bonds is 6. The van der Waals surface area contributed by atoms with Crippen LogP contribution in [0, 0.1) is 13.8 Å². The Morgan fingerprint density at radius 2 is 1.85 bits per heavy atom. The first-order valence-electron chi connectivity index (χ1n) is 8.55. The van der Waals surface area contributed by atoms with E-state index in [-0.39, 0.29) is 24.4 Å². The maximum atomic E-state index is 12.0. The minimum Gasteiger partial charge on any atom is -0.354 e. The fourth-order valence-corrected chi connectivity index (χ4v) is 2.85. The summed E-state index contributed by atoms with van der Waals surface area (Å²) in [7, 11) is 0. The van der Waals surface area contributed by atoms with Gasteiger partial charge in [-0.05, 0) is 43.7 Å². The van der Waals surface area contributed by atoms with Crippen LogP contribution >= 0.6 is 11.6 Å². The second kappa shape index (κ2) is 8.18. The fourth-order valence-electron chi connectivity index (χ4n) is 2.72. The third-order valence-electron chi connectivity index (χ3n) is 4.00. The zero-order valence-corrected chi connectivity index (χ0v) is 15.9. The Bertz CT molecular complexity index is 1010. The molecule has 0 saturated carbocycles. The number of nitrogens with zero attached hydrogens (tertiary/aromatic N) is 4. The number of hydrogen-bond donors (Lipinski definition) is 1. The molecule has 140 valence electrons. The van der Waals surface area contributed by atoms with Crippen molar-refractivity contribution < 1.29 is 4.79 Å². The van der Waals surface area contributed by atoms with Crippen LogP contribution in [0.3, 0.4) is 0 Å². The van der Waals surface area contributed by atoms with E-state index in [2.05, 4.69) is 15.5 Å². The van der Waals surface area contributed by atoms with Crippen LogP contribution in [-0.4, -0.2) is 32.0 Å². The molecule has 0 aliphatic heterocycles. The van der Waals surface area contributed by atoms with Gasteiger partial charge in [0.25, 0.3) is 5.56 Å². The van der Waals surface area contributed by atoms with Gasteiger partial charge in [-0.3, -0.25) is 9.59 Å². The molecule has 0 spiro atoms. The van der Waals surface area contributed by atoms with E-state index < -0.39 is 0 Å². The predicted molar refractivity (Wildman–Crippen MR) is 103 cm³/mol. The highest BCUT2D eigenvalue weighted by Gasteiger charge is 2.08. The highest BCUT2D eigenvalue weighted by Crippen LogP contribution is 2.10. The summed E-state index contributed by atoms with van der Waals surface area (Å²) in [6.45, 7) is 4.40. The average molecular weight is 386 g/mol. The summed E-state index contributed by atoms with van der Waals surface area (Å²) < 4.78 is 3.01. The number of benzene rings is 1. The van der Waals surface area contributed by atoms with Gasteiger partial charge in [-0.1, -0.05) is 23.7 Å². The number of amides is 1. The molecule has 3 aromatic rings. The lowest BCUT2D eigenvalue weighted by atomic mass is 10.1. The van der Waals surface area contributed by atoms with E-state index in [0.29, 0.717) is 17.4 Å². The molecule has 0 aliphatic rings. The maximum absolute atomic E-state index is 12.0. The first kappa shape index (κ1) is 18.8.